The lowest BCUT2D eigenvalue weighted by Crippen LogP contribution is -2.25. The van der Waals surface area contributed by atoms with Crippen LogP contribution in [-0.4, -0.2) is 18.1 Å². The molecule has 0 bridgehead atoms. The third-order valence-corrected chi connectivity index (χ3v) is 4.85. The van der Waals surface area contributed by atoms with E-state index in [0.717, 1.165) is 30.0 Å². The van der Waals surface area contributed by atoms with E-state index in [1.54, 1.807) is 6.20 Å². The average molecular weight is 354 g/mol. The van der Waals surface area contributed by atoms with Crippen molar-refractivity contribution in [1.29, 1.82) is 0 Å². The fourth-order valence-corrected chi connectivity index (χ4v) is 3.30. The summed E-state index contributed by atoms with van der Waals surface area (Å²) in [5, 5.41) is 0. The molecule has 3 nitrogen and oxygen atoms in total. The van der Waals surface area contributed by atoms with Crippen molar-refractivity contribution in [3.63, 3.8) is 0 Å². The molecule has 0 aliphatic heterocycles. The second-order valence-electron chi connectivity index (χ2n) is 7.13. The molecule has 0 radical (unpaired) electrons. The number of rotatable bonds is 12. The van der Waals surface area contributed by atoms with E-state index in [9.17, 15) is 0 Å². The molecule has 3 heteroatoms. The van der Waals surface area contributed by atoms with Crippen LogP contribution in [-0.2, 0) is 0 Å². The van der Waals surface area contributed by atoms with Gasteiger partial charge in [0.05, 0.1) is 5.69 Å². The Morgan fingerprint density at radius 3 is 2.15 bits per heavy atom. The molecule has 2 N–H and O–H groups in total. The molecule has 2 rings (SSSR count). The van der Waals surface area contributed by atoms with E-state index in [-0.39, 0.29) is 0 Å². The molecule has 0 aliphatic rings. The third kappa shape index (κ3) is 6.70. The first-order valence-corrected chi connectivity index (χ1v) is 10.3. The summed E-state index contributed by atoms with van der Waals surface area (Å²) in [6.45, 7) is 6.81. The molecule has 0 unspecified atom stereocenters. The monoisotopic (exact) mass is 353 g/mol. The molecule has 2 aromatic rings. The molecule has 1 heterocycles. The number of benzene rings is 1. The van der Waals surface area contributed by atoms with Gasteiger partial charge in [-0.05, 0) is 37.1 Å². The highest BCUT2D eigenvalue weighted by Crippen LogP contribution is 2.25. The first kappa shape index (κ1) is 20.3. The van der Waals surface area contributed by atoms with E-state index in [0.29, 0.717) is 0 Å². The van der Waals surface area contributed by atoms with Crippen molar-refractivity contribution in [3.8, 4) is 11.3 Å². The predicted octanol–water partition coefficient (Wildman–Crippen LogP) is 6.30. The van der Waals surface area contributed by atoms with E-state index >= 15 is 0 Å². The van der Waals surface area contributed by atoms with E-state index in [2.05, 4.69) is 48.0 Å². The summed E-state index contributed by atoms with van der Waals surface area (Å²) in [7, 11) is 0. The molecular formula is C23H35N3. The number of pyridine rings is 1. The summed E-state index contributed by atoms with van der Waals surface area (Å²) in [5.74, 6) is 0. The largest absolute Gasteiger partial charge is 0.399 e. The molecule has 26 heavy (non-hydrogen) atoms. The van der Waals surface area contributed by atoms with Crippen molar-refractivity contribution in [2.75, 3.05) is 23.7 Å². The number of nitrogen functional groups attached to an aromatic ring is 1. The van der Waals surface area contributed by atoms with Crippen LogP contribution in [0.2, 0.25) is 0 Å². The zero-order valence-corrected chi connectivity index (χ0v) is 16.6. The molecule has 1 aromatic heterocycles. The smallest absolute Gasteiger partial charge is 0.0723 e. The molecule has 0 saturated heterocycles. The molecular weight excluding hydrogens is 318 g/mol. The van der Waals surface area contributed by atoms with E-state index in [1.807, 2.05) is 12.1 Å². The van der Waals surface area contributed by atoms with Crippen LogP contribution >= 0.6 is 0 Å². The number of hydrogen-bond donors (Lipinski definition) is 1. The third-order valence-electron chi connectivity index (χ3n) is 4.85. The van der Waals surface area contributed by atoms with Crippen molar-refractivity contribution in [2.45, 2.75) is 65.2 Å². The fourth-order valence-electron chi connectivity index (χ4n) is 3.30. The van der Waals surface area contributed by atoms with Crippen LogP contribution in [0.4, 0.5) is 11.4 Å². The summed E-state index contributed by atoms with van der Waals surface area (Å²) in [4.78, 5) is 7.04. The summed E-state index contributed by atoms with van der Waals surface area (Å²) < 4.78 is 0. The zero-order chi connectivity index (χ0) is 18.6. The van der Waals surface area contributed by atoms with Crippen LogP contribution in [0.3, 0.4) is 0 Å². The van der Waals surface area contributed by atoms with Gasteiger partial charge in [0.25, 0.3) is 0 Å². The molecule has 0 amide bonds. The molecule has 142 valence electrons. The average Bonchev–Trinajstić information content (AvgIpc) is 2.67. The van der Waals surface area contributed by atoms with Gasteiger partial charge < -0.3 is 10.6 Å². The van der Waals surface area contributed by atoms with Gasteiger partial charge in [-0.1, -0.05) is 64.5 Å². The van der Waals surface area contributed by atoms with Crippen LogP contribution < -0.4 is 10.6 Å². The minimum Gasteiger partial charge on any atom is -0.399 e. The maximum Gasteiger partial charge on any atom is 0.0723 e. The maximum absolute atomic E-state index is 5.93. The number of hydrogen-bond acceptors (Lipinski definition) is 3. The fraction of sp³-hybridized carbons (Fsp3) is 0.522. The molecule has 0 aliphatic carbocycles. The Bertz CT molecular complexity index is 627. The molecule has 0 saturated carbocycles. The van der Waals surface area contributed by atoms with Crippen LogP contribution in [0.25, 0.3) is 11.3 Å². The first-order valence-electron chi connectivity index (χ1n) is 10.3. The van der Waals surface area contributed by atoms with Gasteiger partial charge in [-0.25, -0.2) is 0 Å². The Balaban J connectivity index is 2.10. The van der Waals surface area contributed by atoms with E-state index in [4.69, 9.17) is 5.73 Å². The van der Waals surface area contributed by atoms with Gasteiger partial charge in [0.1, 0.15) is 0 Å². The molecule has 0 fully saturated rings. The van der Waals surface area contributed by atoms with Crippen molar-refractivity contribution in [3.05, 3.63) is 42.6 Å². The lowest BCUT2D eigenvalue weighted by Gasteiger charge is -2.25. The van der Waals surface area contributed by atoms with E-state index in [1.165, 1.54) is 57.1 Å². The van der Waals surface area contributed by atoms with Crippen molar-refractivity contribution in [1.82, 2.24) is 4.98 Å². The Kier molecular flexibility index (Phi) is 9.02. The highest BCUT2D eigenvalue weighted by Gasteiger charge is 2.08. The van der Waals surface area contributed by atoms with Crippen molar-refractivity contribution in [2.24, 2.45) is 0 Å². The summed E-state index contributed by atoms with van der Waals surface area (Å²) >= 11 is 0. The minimum atomic E-state index is 0.761. The van der Waals surface area contributed by atoms with Gasteiger partial charge in [0.2, 0.25) is 0 Å². The summed E-state index contributed by atoms with van der Waals surface area (Å²) in [6.07, 6.45) is 12.2. The standard InChI is InChI=1S/C23H35N3/c1-3-5-7-9-16-26(17-10-8-6-4-2)22-13-11-12-20(18-22)23-19-21(24)14-15-25-23/h11-15,18-19H,3-10,16-17H2,1-2H3,(H2,24,25). The van der Waals surface area contributed by atoms with Gasteiger partial charge in [0, 0.05) is 36.2 Å². The summed E-state index contributed by atoms with van der Waals surface area (Å²) in [6, 6.07) is 12.5. The SMILES string of the molecule is CCCCCCN(CCCCCC)c1cccc(-c2cc(N)ccn2)c1. The van der Waals surface area contributed by atoms with Crippen LogP contribution in [0.1, 0.15) is 65.2 Å². The van der Waals surface area contributed by atoms with Gasteiger partial charge in [0.15, 0.2) is 0 Å². The van der Waals surface area contributed by atoms with Crippen molar-refractivity contribution < 1.29 is 0 Å². The lowest BCUT2D eigenvalue weighted by atomic mass is 10.1. The van der Waals surface area contributed by atoms with Crippen LogP contribution in [0, 0.1) is 0 Å². The second-order valence-corrected chi connectivity index (χ2v) is 7.13. The lowest BCUT2D eigenvalue weighted by molar-refractivity contribution is 0.609. The Labute approximate surface area is 159 Å². The number of unbranched alkanes of at least 4 members (excludes halogenated alkanes) is 6. The Hall–Kier alpha value is -2.03. The van der Waals surface area contributed by atoms with Crippen LogP contribution in [0.5, 0.6) is 0 Å². The molecule has 0 atom stereocenters. The second kappa shape index (κ2) is 11.6. The van der Waals surface area contributed by atoms with Crippen LogP contribution in [0.15, 0.2) is 42.6 Å². The number of nitrogens with zero attached hydrogens (tertiary/aromatic N) is 2. The number of anilines is 2. The van der Waals surface area contributed by atoms with Gasteiger partial charge in [-0.2, -0.15) is 0 Å². The highest BCUT2D eigenvalue weighted by molar-refractivity contribution is 5.67. The molecule has 1 aromatic carbocycles. The van der Waals surface area contributed by atoms with Gasteiger partial charge in [-0.3, -0.25) is 4.98 Å². The number of nitrogens with two attached hydrogens (primary N) is 1. The minimum absolute atomic E-state index is 0.761. The number of aromatic nitrogens is 1. The Morgan fingerprint density at radius 1 is 0.846 bits per heavy atom. The molecule has 0 spiro atoms. The quantitative estimate of drug-likeness (QED) is 0.455. The highest BCUT2D eigenvalue weighted by atomic mass is 15.1. The predicted molar refractivity (Wildman–Crippen MR) is 115 cm³/mol. The zero-order valence-electron chi connectivity index (χ0n) is 16.6. The maximum atomic E-state index is 5.93. The topological polar surface area (TPSA) is 42.1 Å². The van der Waals surface area contributed by atoms with E-state index < -0.39 is 0 Å². The Morgan fingerprint density at radius 2 is 1.54 bits per heavy atom. The first-order chi connectivity index (χ1) is 12.7. The van der Waals surface area contributed by atoms with Crippen molar-refractivity contribution >= 4 is 11.4 Å². The summed E-state index contributed by atoms with van der Waals surface area (Å²) in [5.41, 5.74) is 10.1. The van der Waals surface area contributed by atoms with Gasteiger partial charge in [-0.15, -0.1) is 0 Å². The van der Waals surface area contributed by atoms with Gasteiger partial charge >= 0.3 is 0 Å². The normalized spacial score (nSPS) is 10.8.